The minimum absolute atomic E-state index is 0.123. The summed E-state index contributed by atoms with van der Waals surface area (Å²) in [6, 6.07) is 5.82. The van der Waals surface area contributed by atoms with E-state index in [4.69, 9.17) is 4.74 Å². The lowest BCUT2D eigenvalue weighted by molar-refractivity contribution is -0.125. The van der Waals surface area contributed by atoms with Gasteiger partial charge in [0, 0.05) is 13.1 Å². The highest BCUT2D eigenvalue weighted by Crippen LogP contribution is 2.18. The number of ether oxygens (including phenoxy) is 1. The van der Waals surface area contributed by atoms with Gasteiger partial charge in [0.25, 0.3) is 0 Å². The van der Waals surface area contributed by atoms with E-state index in [9.17, 15) is 18.3 Å². The van der Waals surface area contributed by atoms with Gasteiger partial charge in [-0.2, -0.15) is 0 Å². The maximum Gasteiger partial charge on any atom is 0.241 e. The molecule has 0 saturated carbocycles. The summed E-state index contributed by atoms with van der Waals surface area (Å²) in [5, 5.41) is 12.6. The molecule has 0 aliphatic carbocycles. The lowest BCUT2D eigenvalue weighted by Crippen LogP contribution is -2.49. The summed E-state index contributed by atoms with van der Waals surface area (Å²) in [7, 11) is -3.76. The van der Waals surface area contributed by atoms with E-state index in [1.54, 1.807) is 24.3 Å². The number of hydrogen-bond acceptors (Lipinski definition) is 6. The van der Waals surface area contributed by atoms with Crippen LogP contribution >= 0.6 is 0 Å². The zero-order valence-corrected chi connectivity index (χ0v) is 18.8. The third-order valence-corrected chi connectivity index (χ3v) is 7.15. The standard InChI is InChI=1S/C22H33N3O5S/c1-17-5-8-19(9-6-17)31(28,29)24-20-10-7-18(30-21(20)16-26)15-22(27)23-11-14-25-12-3-2-4-13-25/h5-10,18,20-21,24,26H,2-4,11-16H2,1H3,(H,23,27)/t18-,20+,21-/m1/s1. The summed E-state index contributed by atoms with van der Waals surface area (Å²) in [6.45, 7) is 5.13. The van der Waals surface area contributed by atoms with Crippen molar-refractivity contribution in [1.29, 1.82) is 0 Å². The third-order valence-electron chi connectivity index (χ3n) is 5.67. The Morgan fingerprint density at radius 1 is 1.16 bits per heavy atom. The number of amides is 1. The molecular formula is C22H33N3O5S. The smallest absolute Gasteiger partial charge is 0.241 e. The highest BCUT2D eigenvalue weighted by atomic mass is 32.2. The molecule has 1 amide bonds. The molecule has 0 aromatic heterocycles. The highest BCUT2D eigenvalue weighted by molar-refractivity contribution is 7.89. The van der Waals surface area contributed by atoms with Gasteiger partial charge in [-0.25, -0.2) is 13.1 Å². The molecule has 2 aliphatic heterocycles. The van der Waals surface area contributed by atoms with Gasteiger partial charge in [0.2, 0.25) is 15.9 Å². The van der Waals surface area contributed by atoms with E-state index in [1.165, 1.54) is 31.4 Å². The Hall–Kier alpha value is -1.78. The topological polar surface area (TPSA) is 108 Å². The molecular weight excluding hydrogens is 418 g/mol. The Morgan fingerprint density at radius 2 is 1.87 bits per heavy atom. The molecule has 1 aromatic carbocycles. The first-order valence-electron chi connectivity index (χ1n) is 10.9. The van der Waals surface area contributed by atoms with Crippen LogP contribution in [0, 0.1) is 6.92 Å². The van der Waals surface area contributed by atoms with Crippen molar-refractivity contribution in [2.24, 2.45) is 0 Å². The molecule has 2 aliphatic rings. The van der Waals surface area contributed by atoms with Crippen molar-refractivity contribution in [1.82, 2.24) is 14.9 Å². The number of likely N-dealkylation sites (tertiary alicyclic amines) is 1. The fourth-order valence-corrected chi connectivity index (χ4v) is 5.09. The van der Waals surface area contributed by atoms with E-state index in [0.717, 1.165) is 25.2 Å². The van der Waals surface area contributed by atoms with Crippen LogP contribution in [0.2, 0.25) is 0 Å². The first kappa shape index (κ1) is 23.9. The number of carbonyl (C=O) groups is 1. The number of piperidine rings is 1. The van der Waals surface area contributed by atoms with E-state index in [-0.39, 0.29) is 23.8 Å². The Labute approximate surface area is 184 Å². The molecule has 172 valence electrons. The number of rotatable bonds is 9. The van der Waals surface area contributed by atoms with Crippen molar-refractivity contribution in [3.05, 3.63) is 42.0 Å². The molecule has 8 nitrogen and oxygen atoms in total. The predicted molar refractivity (Wildman–Crippen MR) is 118 cm³/mol. The van der Waals surface area contributed by atoms with Gasteiger partial charge in [-0.3, -0.25) is 4.79 Å². The number of carbonyl (C=O) groups excluding carboxylic acids is 1. The van der Waals surface area contributed by atoms with E-state index in [1.807, 2.05) is 6.92 Å². The zero-order chi connectivity index (χ0) is 22.3. The SMILES string of the molecule is Cc1ccc(S(=O)(=O)N[C@H]2C=C[C@H](CC(=O)NCCN3CCCCC3)O[C@@H]2CO)cc1. The summed E-state index contributed by atoms with van der Waals surface area (Å²) >= 11 is 0. The number of nitrogens with one attached hydrogen (secondary N) is 2. The summed E-state index contributed by atoms with van der Waals surface area (Å²) in [5.41, 5.74) is 0.963. The van der Waals surface area contributed by atoms with Crippen LogP contribution in [-0.2, 0) is 19.6 Å². The van der Waals surface area contributed by atoms with Gasteiger partial charge in [0.05, 0.1) is 30.1 Å². The minimum Gasteiger partial charge on any atom is -0.394 e. The number of aliphatic hydroxyl groups excluding tert-OH is 1. The summed E-state index contributed by atoms with van der Waals surface area (Å²) < 4.78 is 33.6. The number of aliphatic hydroxyl groups is 1. The van der Waals surface area contributed by atoms with E-state index in [0.29, 0.717) is 6.54 Å². The van der Waals surface area contributed by atoms with Crippen LogP contribution in [-0.4, -0.2) is 75.4 Å². The molecule has 1 fully saturated rings. The number of nitrogens with zero attached hydrogens (tertiary/aromatic N) is 1. The van der Waals surface area contributed by atoms with Gasteiger partial charge < -0.3 is 20.1 Å². The molecule has 9 heteroatoms. The van der Waals surface area contributed by atoms with Crippen LogP contribution in [0.4, 0.5) is 0 Å². The highest BCUT2D eigenvalue weighted by Gasteiger charge is 2.31. The molecule has 3 atom stereocenters. The quantitative estimate of drug-likeness (QED) is 0.483. The van der Waals surface area contributed by atoms with E-state index >= 15 is 0 Å². The lowest BCUT2D eigenvalue weighted by Gasteiger charge is -2.31. The van der Waals surface area contributed by atoms with Gasteiger partial charge in [-0.15, -0.1) is 0 Å². The Kier molecular flexibility index (Phi) is 8.62. The molecule has 0 bridgehead atoms. The average Bonchev–Trinajstić information content (AvgIpc) is 2.75. The van der Waals surface area contributed by atoms with Gasteiger partial charge >= 0.3 is 0 Å². The van der Waals surface area contributed by atoms with E-state index < -0.39 is 28.3 Å². The minimum atomic E-state index is -3.76. The van der Waals surface area contributed by atoms with Crippen molar-refractivity contribution in [2.45, 2.75) is 55.8 Å². The molecule has 0 radical (unpaired) electrons. The second-order valence-corrected chi connectivity index (χ2v) is 9.91. The van der Waals surface area contributed by atoms with Crippen molar-refractivity contribution in [2.75, 3.05) is 32.8 Å². The van der Waals surface area contributed by atoms with Crippen molar-refractivity contribution in [3.8, 4) is 0 Å². The average molecular weight is 452 g/mol. The maximum absolute atomic E-state index is 12.6. The molecule has 3 rings (SSSR count). The molecule has 1 aromatic rings. The van der Waals surface area contributed by atoms with Gasteiger partial charge in [-0.05, 0) is 45.0 Å². The van der Waals surface area contributed by atoms with E-state index in [2.05, 4.69) is 14.9 Å². The third kappa shape index (κ3) is 7.11. The lowest BCUT2D eigenvalue weighted by atomic mass is 10.1. The number of hydrogen-bond donors (Lipinski definition) is 3. The molecule has 0 spiro atoms. The first-order valence-corrected chi connectivity index (χ1v) is 12.4. The summed E-state index contributed by atoms with van der Waals surface area (Å²) in [4.78, 5) is 14.8. The molecule has 2 heterocycles. The van der Waals surface area contributed by atoms with Crippen molar-refractivity contribution < 1.29 is 23.1 Å². The van der Waals surface area contributed by atoms with Gasteiger partial charge in [-0.1, -0.05) is 36.3 Å². The zero-order valence-electron chi connectivity index (χ0n) is 18.0. The number of sulfonamides is 1. The molecule has 0 unspecified atom stereocenters. The fourth-order valence-electron chi connectivity index (χ4n) is 3.87. The summed E-state index contributed by atoms with van der Waals surface area (Å²) in [6.07, 6.45) is 5.90. The molecule has 3 N–H and O–H groups in total. The predicted octanol–water partition coefficient (Wildman–Crippen LogP) is 0.950. The van der Waals surface area contributed by atoms with Crippen LogP contribution in [0.1, 0.15) is 31.2 Å². The van der Waals surface area contributed by atoms with Crippen LogP contribution in [0.15, 0.2) is 41.3 Å². The monoisotopic (exact) mass is 451 g/mol. The van der Waals surface area contributed by atoms with Crippen LogP contribution in [0.5, 0.6) is 0 Å². The van der Waals surface area contributed by atoms with Crippen LogP contribution in [0.25, 0.3) is 0 Å². The summed E-state index contributed by atoms with van der Waals surface area (Å²) in [5.74, 6) is -0.123. The second-order valence-electron chi connectivity index (χ2n) is 8.20. The van der Waals surface area contributed by atoms with Gasteiger partial charge in [0.1, 0.15) is 6.10 Å². The maximum atomic E-state index is 12.6. The van der Waals surface area contributed by atoms with Crippen molar-refractivity contribution in [3.63, 3.8) is 0 Å². The number of aryl methyl sites for hydroxylation is 1. The second kappa shape index (κ2) is 11.2. The van der Waals surface area contributed by atoms with Crippen LogP contribution < -0.4 is 10.0 Å². The first-order chi connectivity index (χ1) is 14.9. The Morgan fingerprint density at radius 3 is 2.55 bits per heavy atom. The van der Waals surface area contributed by atoms with Crippen LogP contribution in [0.3, 0.4) is 0 Å². The largest absolute Gasteiger partial charge is 0.394 e. The molecule has 31 heavy (non-hydrogen) atoms. The van der Waals surface area contributed by atoms with Gasteiger partial charge in [0.15, 0.2) is 0 Å². The Bertz CT molecular complexity index is 850. The fraction of sp³-hybridized carbons (Fsp3) is 0.591. The van der Waals surface area contributed by atoms with Crippen molar-refractivity contribution >= 4 is 15.9 Å². The molecule has 1 saturated heterocycles. The number of benzene rings is 1. The normalized spacial score (nSPS) is 24.8. The Balaban J connectivity index is 1.50.